The highest BCUT2D eigenvalue weighted by Crippen LogP contribution is 2.24. The van der Waals surface area contributed by atoms with Crippen molar-refractivity contribution in [1.29, 1.82) is 0 Å². The first-order valence-electron chi connectivity index (χ1n) is 6.23. The van der Waals surface area contributed by atoms with Crippen LogP contribution in [0.5, 0.6) is 5.75 Å². The number of ether oxygens (including phenoxy) is 1. The highest BCUT2D eigenvalue weighted by molar-refractivity contribution is 5.59. The van der Waals surface area contributed by atoms with Crippen molar-refractivity contribution in [1.82, 2.24) is 9.97 Å². The van der Waals surface area contributed by atoms with Gasteiger partial charge in [-0.3, -0.25) is 0 Å². The first-order chi connectivity index (χ1) is 9.10. The van der Waals surface area contributed by atoms with Crippen molar-refractivity contribution in [3.05, 3.63) is 36.0 Å². The molecule has 0 amide bonds. The van der Waals surface area contributed by atoms with Crippen LogP contribution in [-0.4, -0.2) is 23.1 Å². The summed E-state index contributed by atoms with van der Waals surface area (Å²) in [5.74, 6) is 0.718. The standard InChI is InChI=1S/C14H18FN3O/c1-9(16)3-6-14-17-8-12(18-14)10-4-5-13(19-2)11(15)7-10/h4-5,7-9H,3,6,16H2,1-2H3,(H,17,18). The van der Waals surface area contributed by atoms with Crippen LogP contribution in [-0.2, 0) is 6.42 Å². The SMILES string of the molecule is COc1ccc(-c2cnc(CCC(C)N)[nH]2)cc1F. The molecule has 0 spiro atoms. The Morgan fingerprint density at radius 2 is 2.26 bits per heavy atom. The van der Waals surface area contributed by atoms with Gasteiger partial charge in [-0.2, -0.15) is 0 Å². The Bertz CT molecular complexity index is 551. The van der Waals surface area contributed by atoms with E-state index in [0.717, 1.165) is 29.9 Å². The molecule has 2 rings (SSSR count). The fourth-order valence-corrected chi connectivity index (χ4v) is 1.83. The van der Waals surface area contributed by atoms with Gasteiger partial charge in [-0.15, -0.1) is 0 Å². The molecule has 0 saturated carbocycles. The molecule has 102 valence electrons. The van der Waals surface area contributed by atoms with E-state index in [1.807, 2.05) is 6.92 Å². The van der Waals surface area contributed by atoms with Crippen molar-refractivity contribution < 1.29 is 9.13 Å². The maximum absolute atomic E-state index is 13.6. The lowest BCUT2D eigenvalue weighted by Crippen LogP contribution is -2.15. The minimum atomic E-state index is -0.383. The molecule has 2 aromatic rings. The zero-order valence-electron chi connectivity index (χ0n) is 11.1. The van der Waals surface area contributed by atoms with Gasteiger partial charge in [0.05, 0.1) is 19.0 Å². The van der Waals surface area contributed by atoms with E-state index in [1.165, 1.54) is 13.2 Å². The molecule has 1 heterocycles. The number of H-pyrrole nitrogens is 1. The van der Waals surface area contributed by atoms with Gasteiger partial charge in [0.1, 0.15) is 5.82 Å². The van der Waals surface area contributed by atoms with Gasteiger partial charge in [0.15, 0.2) is 11.6 Å². The number of nitrogens with zero attached hydrogens (tertiary/aromatic N) is 1. The van der Waals surface area contributed by atoms with Gasteiger partial charge in [0.2, 0.25) is 0 Å². The van der Waals surface area contributed by atoms with E-state index in [4.69, 9.17) is 10.5 Å². The highest BCUT2D eigenvalue weighted by atomic mass is 19.1. The molecule has 0 aliphatic heterocycles. The lowest BCUT2D eigenvalue weighted by atomic mass is 10.1. The number of rotatable bonds is 5. The van der Waals surface area contributed by atoms with Gasteiger partial charge in [-0.1, -0.05) is 0 Å². The first kappa shape index (κ1) is 13.5. The van der Waals surface area contributed by atoms with Crippen LogP contribution >= 0.6 is 0 Å². The third kappa shape index (κ3) is 3.32. The summed E-state index contributed by atoms with van der Waals surface area (Å²) in [6, 6.07) is 4.98. The number of imidazole rings is 1. The Hall–Kier alpha value is -1.88. The van der Waals surface area contributed by atoms with Crippen molar-refractivity contribution in [2.75, 3.05) is 7.11 Å². The maximum Gasteiger partial charge on any atom is 0.165 e. The highest BCUT2D eigenvalue weighted by Gasteiger charge is 2.08. The van der Waals surface area contributed by atoms with E-state index in [1.54, 1.807) is 18.3 Å². The molecular formula is C14H18FN3O. The van der Waals surface area contributed by atoms with Crippen LogP contribution in [0.4, 0.5) is 4.39 Å². The molecular weight excluding hydrogens is 245 g/mol. The Labute approximate surface area is 111 Å². The molecule has 1 unspecified atom stereocenters. The maximum atomic E-state index is 13.6. The summed E-state index contributed by atoms with van der Waals surface area (Å²) in [6.45, 7) is 1.96. The molecule has 1 aromatic heterocycles. The van der Waals surface area contributed by atoms with Gasteiger partial charge in [-0.25, -0.2) is 9.37 Å². The van der Waals surface area contributed by atoms with Crippen molar-refractivity contribution in [3.8, 4) is 17.0 Å². The zero-order chi connectivity index (χ0) is 13.8. The Morgan fingerprint density at radius 3 is 2.89 bits per heavy atom. The van der Waals surface area contributed by atoms with Gasteiger partial charge >= 0.3 is 0 Å². The quantitative estimate of drug-likeness (QED) is 0.871. The number of nitrogens with one attached hydrogen (secondary N) is 1. The summed E-state index contributed by atoms with van der Waals surface area (Å²) in [5, 5.41) is 0. The van der Waals surface area contributed by atoms with E-state index in [9.17, 15) is 4.39 Å². The fourth-order valence-electron chi connectivity index (χ4n) is 1.83. The molecule has 0 radical (unpaired) electrons. The normalized spacial score (nSPS) is 12.4. The van der Waals surface area contributed by atoms with E-state index >= 15 is 0 Å². The number of benzene rings is 1. The number of halogens is 1. The topological polar surface area (TPSA) is 63.9 Å². The summed E-state index contributed by atoms with van der Waals surface area (Å²) in [5.41, 5.74) is 7.25. The minimum Gasteiger partial charge on any atom is -0.494 e. The second-order valence-corrected chi connectivity index (χ2v) is 4.61. The molecule has 3 N–H and O–H groups in total. The number of methoxy groups -OCH3 is 1. The molecule has 5 heteroatoms. The number of aromatic amines is 1. The van der Waals surface area contributed by atoms with Crippen LogP contribution in [0.3, 0.4) is 0 Å². The molecule has 4 nitrogen and oxygen atoms in total. The Morgan fingerprint density at radius 1 is 1.47 bits per heavy atom. The third-order valence-electron chi connectivity index (χ3n) is 2.93. The average Bonchev–Trinajstić information content (AvgIpc) is 2.85. The molecule has 19 heavy (non-hydrogen) atoms. The number of hydrogen-bond acceptors (Lipinski definition) is 3. The van der Waals surface area contributed by atoms with Crippen LogP contribution in [0.15, 0.2) is 24.4 Å². The van der Waals surface area contributed by atoms with Crippen molar-refractivity contribution in [3.63, 3.8) is 0 Å². The molecule has 1 aromatic carbocycles. The Kier molecular flexibility index (Phi) is 4.16. The lowest BCUT2D eigenvalue weighted by Gasteiger charge is -2.04. The lowest BCUT2D eigenvalue weighted by molar-refractivity contribution is 0.386. The summed E-state index contributed by atoms with van der Waals surface area (Å²) in [6.07, 6.45) is 3.36. The van der Waals surface area contributed by atoms with Crippen molar-refractivity contribution in [2.24, 2.45) is 5.73 Å². The second kappa shape index (κ2) is 5.84. The second-order valence-electron chi connectivity index (χ2n) is 4.61. The van der Waals surface area contributed by atoms with E-state index < -0.39 is 0 Å². The average molecular weight is 263 g/mol. The summed E-state index contributed by atoms with van der Waals surface area (Å²) in [4.78, 5) is 7.45. The summed E-state index contributed by atoms with van der Waals surface area (Å²) >= 11 is 0. The Balaban J connectivity index is 2.16. The zero-order valence-corrected chi connectivity index (χ0v) is 11.1. The summed E-state index contributed by atoms with van der Waals surface area (Å²) in [7, 11) is 1.44. The van der Waals surface area contributed by atoms with Gasteiger partial charge in [-0.05, 0) is 31.5 Å². The molecule has 0 aliphatic rings. The van der Waals surface area contributed by atoms with Crippen LogP contribution in [0, 0.1) is 5.82 Å². The number of hydrogen-bond donors (Lipinski definition) is 2. The van der Waals surface area contributed by atoms with Crippen molar-refractivity contribution in [2.45, 2.75) is 25.8 Å². The minimum absolute atomic E-state index is 0.145. The van der Waals surface area contributed by atoms with Crippen LogP contribution in [0.25, 0.3) is 11.3 Å². The van der Waals surface area contributed by atoms with Gasteiger partial charge in [0.25, 0.3) is 0 Å². The molecule has 0 saturated heterocycles. The number of nitrogens with two attached hydrogens (primary N) is 1. The van der Waals surface area contributed by atoms with E-state index in [2.05, 4.69) is 9.97 Å². The van der Waals surface area contributed by atoms with Gasteiger partial charge in [0, 0.05) is 18.0 Å². The monoisotopic (exact) mass is 263 g/mol. The fraction of sp³-hybridized carbons (Fsp3) is 0.357. The summed E-state index contributed by atoms with van der Waals surface area (Å²) < 4.78 is 18.5. The predicted octanol–water partition coefficient (Wildman–Crippen LogP) is 2.50. The van der Waals surface area contributed by atoms with Crippen LogP contribution < -0.4 is 10.5 Å². The van der Waals surface area contributed by atoms with E-state index in [-0.39, 0.29) is 17.6 Å². The molecule has 0 aliphatic carbocycles. The van der Waals surface area contributed by atoms with E-state index in [0.29, 0.717) is 0 Å². The number of aryl methyl sites for hydroxylation is 1. The molecule has 0 bridgehead atoms. The molecule has 0 fully saturated rings. The molecule has 1 atom stereocenters. The smallest absolute Gasteiger partial charge is 0.165 e. The van der Waals surface area contributed by atoms with Crippen molar-refractivity contribution >= 4 is 0 Å². The van der Waals surface area contributed by atoms with Crippen LogP contribution in [0.1, 0.15) is 19.2 Å². The third-order valence-corrected chi connectivity index (χ3v) is 2.93. The number of aromatic nitrogens is 2. The predicted molar refractivity (Wildman–Crippen MR) is 72.5 cm³/mol. The largest absolute Gasteiger partial charge is 0.494 e. The first-order valence-corrected chi connectivity index (χ1v) is 6.23. The van der Waals surface area contributed by atoms with Crippen LogP contribution in [0.2, 0.25) is 0 Å². The van der Waals surface area contributed by atoms with Gasteiger partial charge < -0.3 is 15.5 Å².